The molecule has 0 aliphatic heterocycles. The number of nitrogens with one attached hydrogen (secondary N) is 2. The van der Waals surface area contributed by atoms with Gasteiger partial charge in [-0.15, -0.1) is 11.3 Å². The molecule has 4 rings (SSSR count). The smallest absolute Gasteiger partial charge is 0.224 e. The first-order valence-electron chi connectivity index (χ1n) is 8.90. The number of nitrogens with zero attached hydrogens (tertiary/aromatic N) is 3. The summed E-state index contributed by atoms with van der Waals surface area (Å²) in [4.78, 5) is 13.3. The van der Waals surface area contributed by atoms with Crippen LogP contribution in [-0.2, 0) is 0 Å². The molecule has 0 amide bonds. The van der Waals surface area contributed by atoms with Gasteiger partial charge in [-0.05, 0) is 31.0 Å². The van der Waals surface area contributed by atoms with Crippen molar-refractivity contribution in [2.24, 2.45) is 5.73 Å². The van der Waals surface area contributed by atoms with Crippen molar-refractivity contribution in [1.82, 2.24) is 15.0 Å². The highest BCUT2D eigenvalue weighted by atomic mass is 32.1. The number of rotatable bonds is 5. The van der Waals surface area contributed by atoms with E-state index in [0.29, 0.717) is 5.95 Å². The second kappa shape index (κ2) is 7.80. The van der Waals surface area contributed by atoms with Crippen LogP contribution in [0.15, 0.2) is 48.1 Å². The summed E-state index contributed by atoms with van der Waals surface area (Å²) in [7, 11) is 0. The highest BCUT2D eigenvalue weighted by Crippen LogP contribution is 2.26. The molecule has 1 aliphatic carbocycles. The van der Waals surface area contributed by atoms with Crippen molar-refractivity contribution in [2.75, 3.05) is 10.6 Å². The Bertz CT molecular complexity index is 851. The summed E-state index contributed by atoms with van der Waals surface area (Å²) >= 11 is 1.63. The number of nitrogens with two attached hydrogens (primary N) is 1. The zero-order valence-electron chi connectivity index (χ0n) is 14.4. The first-order valence-corrected chi connectivity index (χ1v) is 9.78. The molecule has 0 spiro atoms. The van der Waals surface area contributed by atoms with Gasteiger partial charge in [-0.1, -0.05) is 25.0 Å². The lowest BCUT2D eigenvalue weighted by atomic mass is 9.91. The molecular weight excluding hydrogens is 344 g/mol. The largest absolute Gasteiger partial charge is 0.350 e. The number of anilines is 3. The normalized spacial score (nSPS) is 19.9. The number of aromatic nitrogens is 3. The van der Waals surface area contributed by atoms with Crippen LogP contribution in [0.2, 0.25) is 0 Å². The molecule has 1 aliphatic rings. The van der Waals surface area contributed by atoms with Gasteiger partial charge in [0.1, 0.15) is 10.8 Å². The Morgan fingerprint density at radius 1 is 1.08 bits per heavy atom. The van der Waals surface area contributed by atoms with Crippen molar-refractivity contribution < 1.29 is 0 Å². The minimum absolute atomic E-state index is 0.166. The maximum absolute atomic E-state index is 6.21. The molecule has 3 aromatic rings. The molecular formula is C19H22N6S. The fourth-order valence-electron chi connectivity index (χ4n) is 3.25. The summed E-state index contributed by atoms with van der Waals surface area (Å²) in [6.07, 6.45) is 8.11. The highest BCUT2D eigenvalue weighted by molar-refractivity contribution is 7.13. The first-order chi connectivity index (χ1) is 12.8. The van der Waals surface area contributed by atoms with Crippen LogP contribution in [-0.4, -0.2) is 27.0 Å². The fraction of sp³-hybridized carbons (Fsp3) is 0.316. The molecule has 1 saturated carbocycles. The SMILES string of the molecule is N[C@H]1CCCC[C@H]1Nc1nccc(Nc2cccc(-c3nccs3)c2)n1. The molecule has 6 nitrogen and oxygen atoms in total. The summed E-state index contributed by atoms with van der Waals surface area (Å²) in [5, 5.41) is 9.73. The lowest BCUT2D eigenvalue weighted by Gasteiger charge is -2.29. The Hall–Kier alpha value is -2.51. The summed E-state index contributed by atoms with van der Waals surface area (Å²) in [6, 6.07) is 10.4. The predicted octanol–water partition coefficient (Wildman–Crippen LogP) is 4.03. The predicted molar refractivity (Wildman–Crippen MR) is 107 cm³/mol. The van der Waals surface area contributed by atoms with Gasteiger partial charge in [-0.2, -0.15) is 4.98 Å². The van der Waals surface area contributed by atoms with Crippen LogP contribution in [0, 0.1) is 0 Å². The van der Waals surface area contributed by atoms with Crippen LogP contribution >= 0.6 is 11.3 Å². The molecule has 26 heavy (non-hydrogen) atoms. The summed E-state index contributed by atoms with van der Waals surface area (Å²) < 4.78 is 0. The third-order valence-corrected chi connectivity index (χ3v) is 5.43. The van der Waals surface area contributed by atoms with Gasteiger partial charge in [0.05, 0.1) is 0 Å². The quantitative estimate of drug-likeness (QED) is 0.632. The lowest BCUT2D eigenvalue weighted by molar-refractivity contribution is 0.402. The van der Waals surface area contributed by atoms with Crippen LogP contribution in [0.5, 0.6) is 0 Å². The van der Waals surface area contributed by atoms with E-state index in [1.54, 1.807) is 17.5 Å². The van der Waals surface area contributed by atoms with Crippen LogP contribution in [0.1, 0.15) is 25.7 Å². The van der Waals surface area contributed by atoms with Crippen LogP contribution in [0.3, 0.4) is 0 Å². The molecule has 4 N–H and O–H groups in total. The summed E-state index contributed by atoms with van der Waals surface area (Å²) in [5.74, 6) is 1.37. The number of thiazole rings is 1. The second-order valence-corrected chi connectivity index (χ2v) is 7.40. The molecule has 1 fully saturated rings. The molecule has 134 valence electrons. The Balaban J connectivity index is 1.48. The molecule has 7 heteroatoms. The van der Waals surface area contributed by atoms with Crippen LogP contribution in [0.4, 0.5) is 17.5 Å². The van der Waals surface area contributed by atoms with Gasteiger partial charge in [-0.3, -0.25) is 0 Å². The van der Waals surface area contributed by atoms with E-state index in [2.05, 4.69) is 37.7 Å². The average molecular weight is 366 g/mol. The van der Waals surface area contributed by atoms with Gasteiger partial charge in [-0.25, -0.2) is 9.97 Å². The van der Waals surface area contributed by atoms with Gasteiger partial charge in [0.15, 0.2) is 0 Å². The van der Waals surface area contributed by atoms with Gasteiger partial charge in [0.25, 0.3) is 0 Å². The Morgan fingerprint density at radius 3 is 2.85 bits per heavy atom. The topological polar surface area (TPSA) is 88.8 Å². The van der Waals surface area contributed by atoms with E-state index < -0.39 is 0 Å². The van der Waals surface area contributed by atoms with Crippen LogP contribution < -0.4 is 16.4 Å². The van der Waals surface area contributed by atoms with E-state index >= 15 is 0 Å². The molecule has 2 heterocycles. The monoisotopic (exact) mass is 366 g/mol. The maximum atomic E-state index is 6.21. The van der Waals surface area contributed by atoms with E-state index in [9.17, 15) is 0 Å². The molecule has 2 atom stereocenters. The Labute approximate surface area is 156 Å². The Morgan fingerprint density at radius 2 is 2.00 bits per heavy atom. The van der Waals surface area contributed by atoms with Crippen molar-refractivity contribution in [1.29, 1.82) is 0 Å². The van der Waals surface area contributed by atoms with Gasteiger partial charge in [0.2, 0.25) is 5.95 Å². The third-order valence-electron chi connectivity index (χ3n) is 4.60. The van der Waals surface area contributed by atoms with Gasteiger partial charge < -0.3 is 16.4 Å². The first kappa shape index (κ1) is 16.9. The number of hydrogen-bond donors (Lipinski definition) is 3. The maximum Gasteiger partial charge on any atom is 0.224 e. The van der Waals surface area contributed by atoms with E-state index in [1.165, 1.54) is 12.8 Å². The average Bonchev–Trinajstić information content (AvgIpc) is 3.19. The molecule has 2 aromatic heterocycles. The standard InChI is InChI=1S/C19H22N6S/c20-15-6-1-2-7-16(15)24-19-22-9-8-17(25-19)23-14-5-3-4-13(12-14)18-21-10-11-26-18/h3-5,8-12,15-16H,1-2,6-7,20H2,(H2,22,23,24,25)/t15-,16+/m0/s1. The molecule has 1 aromatic carbocycles. The van der Waals surface area contributed by atoms with E-state index in [1.807, 2.05) is 29.8 Å². The summed E-state index contributed by atoms with van der Waals surface area (Å²) in [6.45, 7) is 0. The third kappa shape index (κ3) is 4.00. The highest BCUT2D eigenvalue weighted by Gasteiger charge is 2.22. The van der Waals surface area contributed by atoms with Crippen molar-refractivity contribution in [3.05, 3.63) is 48.1 Å². The van der Waals surface area contributed by atoms with Crippen LogP contribution in [0.25, 0.3) is 10.6 Å². The van der Waals surface area contributed by atoms with Gasteiger partial charge >= 0.3 is 0 Å². The molecule has 0 radical (unpaired) electrons. The zero-order valence-corrected chi connectivity index (χ0v) is 15.2. The van der Waals surface area contributed by atoms with E-state index in [4.69, 9.17) is 5.73 Å². The van der Waals surface area contributed by atoms with Crippen molar-refractivity contribution in [2.45, 2.75) is 37.8 Å². The summed E-state index contributed by atoms with van der Waals surface area (Å²) in [5.41, 5.74) is 8.27. The Kier molecular flexibility index (Phi) is 5.08. The van der Waals surface area contributed by atoms with Crippen molar-refractivity contribution in [3.8, 4) is 10.6 Å². The van der Waals surface area contributed by atoms with E-state index in [-0.39, 0.29) is 12.1 Å². The molecule has 0 bridgehead atoms. The molecule has 0 saturated heterocycles. The zero-order chi connectivity index (χ0) is 17.8. The minimum atomic E-state index is 0.166. The van der Waals surface area contributed by atoms with Crippen molar-refractivity contribution >= 4 is 28.8 Å². The van der Waals surface area contributed by atoms with Gasteiger partial charge in [0, 0.05) is 41.1 Å². The fourth-order valence-corrected chi connectivity index (χ4v) is 3.88. The van der Waals surface area contributed by atoms with E-state index in [0.717, 1.165) is 34.9 Å². The number of benzene rings is 1. The minimum Gasteiger partial charge on any atom is -0.350 e. The van der Waals surface area contributed by atoms with Crippen molar-refractivity contribution in [3.63, 3.8) is 0 Å². The lowest BCUT2D eigenvalue weighted by Crippen LogP contribution is -2.42. The molecule has 0 unspecified atom stereocenters. The number of hydrogen-bond acceptors (Lipinski definition) is 7. The second-order valence-electron chi connectivity index (χ2n) is 6.51.